The van der Waals surface area contributed by atoms with Crippen LogP contribution < -0.4 is 5.32 Å². The van der Waals surface area contributed by atoms with Crippen molar-refractivity contribution < 1.29 is 9.47 Å². The summed E-state index contributed by atoms with van der Waals surface area (Å²) in [6.07, 6.45) is 2.29. The Bertz CT molecular complexity index is 164. The molecule has 0 heterocycles. The Balaban J connectivity index is 3.04. The molecule has 0 aliphatic carbocycles. The van der Waals surface area contributed by atoms with Gasteiger partial charge in [0, 0.05) is 18.8 Å². The Labute approximate surface area is 107 Å². The summed E-state index contributed by atoms with van der Waals surface area (Å²) in [5.74, 6) is 0.610. The van der Waals surface area contributed by atoms with Gasteiger partial charge >= 0.3 is 0 Å². The van der Waals surface area contributed by atoms with Crippen LogP contribution >= 0.6 is 0 Å². The first-order valence-electron chi connectivity index (χ1n) is 6.82. The van der Waals surface area contributed by atoms with E-state index in [0.717, 1.165) is 39.4 Å². The van der Waals surface area contributed by atoms with Crippen LogP contribution in [0.25, 0.3) is 0 Å². The minimum absolute atomic E-state index is 0.228. The number of hydrogen-bond acceptors (Lipinski definition) is 3. The highest BCUT2D eigenvalue weighted by molar-refractivity contribution is 4.69. The summed E-state index contributed by atoms with van der Waals surface area (Å²) in [4.78, 5) is 0. The van der Waals surface area contributed by atoms with E-state index in [1.165, 1.54) is 6.42 Å². The van der Waals surface area contributed by atoms with E-state index in [1.807, 2.05) is 0 Å². The number of rotatable bonds is 10. The van der Waals surface area contributed by atoms with Crippen molar-refractivity contribution in [3.8, 4) is 0 Å². The summed E-state index contributed by atoms with van der Waals surface area (Å²) in [7, 11) is 0. The van der Waals surface area contributed by atoms with Crippen LogP contribution in [0.4, 0.5) is 0 Å². The maximum atomic E-state index is 5.49. The minimum atomic E-state index is 0.228. The summed E-state index contributed by atoms with van der Waals surface area (Å²) >= 11 is 0. The fourth-order valence-corrected chi connectivity index (χ4v) is 1.33. The smallest absolute Gasteiger partial charge is 0.0700 e. The third-order valence-electron chi connectivity index (χ3n) is 2.19. The average Bonchev–Trinajstić information content (AvgIpc) is 2.18. The third kappa shape index (κ3) is 15.9. The first-order chi connectivity index (χ1) is 7.92. The van der Waals surface area contributed by atoms with Gasteiger partial charge in [0.25, 0.3) is 0 Å². The Kier molecular flexibility index (Phi) is 9.79. The van der Waals surface area contributed by atoms with E-state index in [-0.39, 0.29) is 5.54 Å². The second kappa shape index (κ2) is 9.86. The predicted octanol–water partition coefficient (Wildman–Crippen LogP) is 2.84. The molecule has 0 aromatic rings. The summed E-state index contributed by atoms with van der Waals surface area (Å²) in [5, 5.41) is 3.47. The molecule has 0 aliphatic rings. The van der Waals surface area contributed by atoms with Gasteiger partial charge in [-0.2, -0.15) is 0 Å². The molecule has 0 fully saturated rings. The molecule has 0 saturated heterocycles. The van der Waals surface area contributed by atoms with Crippen molar-refractivity contribution in [2.45, 2.75) is 53.0 Å². The van der Waals surface area contributed by atoms with E-state index in [9.17, 15) is 0 Å². The lowest BCUT2D eigenvalue weighted by Crippen LogP contribution is -2.36. The molecule has 0 aromatic heterocycles. The molecule has 0 atom stereocenters. The van der Waals surface area contributed by atoms with Crippen LogP contribution in [0.5, 0.6) is 0 Å². The number of unbranched alkanes of at least 4 members (excludes halogenated alkanes) is 1. The standard InChI is InChI=1S/C14H31NO2/c1-13(2)12-17-11-10-16-9-7-6-8-15-14(3,4)5/h13,15H,6-12H2,1-5H3. The molecule has 0 bridgehead atoms. The van der Waals surface area contributed by atoms with Gasteiger partial charge in [0.05, 0.1) is 13.2 Å². The summed E-state index contributed by atoms with van der Waals surface area (Å²) in [6, 6.07) is 0. The molecule has 104 valence electrons. The van der Waals surface area contributed by atoms with Crippen LogP contribution in [0.1, 0.15) is 47.5 Å². The monoisotopic (exact) mass is 245 g/mol. The maximum absolute atomic E-state index is 5.49. The average molecular weight is 245 g/mol. The van der Waals surface area contributed by atoms with Crippen molar-refractivity contribution in [2.24, 2.45) is 5.92 Å². The van der Waals surface area contributed by atoms with Gasteiger partial charge in [-0.3, -0.25) is 0 Å². The van der Waals surface area contributed by atoms with Gasteiger partial charge in [0.15, 0.2) is 0 Å². The largest absolute Gasteiger partial charge is 0.379 e. The Hall–Kier alpha value is -0.120. The Morgan fingerprint density at radius 3 is 2.18 bits per heavy atom. The second-order valence-corrected chi connectivity index (χ2v) is 5.97. The van der Waals surface area contributed by atoms with Crippen molar-refractivity contribution >= 4 is 0 Å². The Morgan fingerprint density at radius 1 is 0.941 bits per heavy atom. The number of ether oxygens (including phenoxy) is 2. The molecule has 0 amide bonds. The molecule has 3 heteroatoms. The van der Waals surface area contributed by atoms with Gasteiger partial charge in [0.2, 0.25) is 0 Å². The van der Waals surface area contributed by atoms with E-state index < -0.39 is 0 Å². The molecule has 0 spiro atoms. The van der Waals surface area contributed by atoms with Gasteiger partial charge in [-0.05, 0) is 46.1 Å². The highest BCUT2D eigenvalue weighted by Crippen LogP contribution is 1.99. The van der Waals surface area contributed by atoms with Gasteiger partial charge in [-0.25, -0.2) is 0 Å². The van der Waals surface area contributed by atoms with E-state index in [2.05, 4.69) is 39.9 Å². The van der Waals surface area contributed by atoms with Crippen molar-refractivity contribution in [3.63, 3.8) is 0 Å². The van der Waals surface area contributed by atoms with E-state index in [0.29, 0.717) is 5.92 Å². The van der Waals surface area contributed by atoms with Crippen molar-refractivity contribution in [1.82, 2.24) is 5.32 Å². The van der Waals surface area contributed by atoms with E-state index in [1.54, 1.807) is 0 Å². The van der Waals surface area contributed by atoms with Crippen molar-refractivity contribution in [3.05, 3.63) is 0 Å². The molecule has 17 heavy (non-hydrogen) atoms. The van der Waals surface area contributed by atoms with Gasteiger partial charge in [0.1, 0.15) is 0 Å². The normalized spacial score (nSPS) is 12.4. The zero-order valence-corrected chi connectivity index (χ0v) is 12.3. The molecular weight excluding hydrogens is 214 g/mol. The lowest BCUT2D eigenvalue weighted by atomic mass is 10.1. The quantitative estimate of drug-likeness (QED) is 0.600. The first-order valence-corrected chi connectivity index (χ1v) is 6.82. The topological polar surface area (TPSA) is 30.5 Å². The van der Waals surface area contributed by atoms with Crippen LogP contribution in [0, 0.1) is 5.92 Å². The lowest BCUT2D eigenvalue weighted by molar-refractivity contribution is 0.0366. The molecule has 3 nitrogen and oxygen atoms in total. The maximum Gasteiger partial charge on any atom is 0.0700 e. The molecular formula is C14H31NO2. The van der Waals surface area contributed by atoms with Gasteiger partial charge in [-0.1, -0.05) is 13.8 Å². The predicted molar refractivity (Wildman–Crippen MR) is 73.5 cm³/mol. The van der Waals surface area contributed by atoms with E-state index in [4.69, 9.17) is 9.47 Å². The minimum Gasteiger partial charge on any atom is -0.379 e. The summed E-state index contributed by atoms with van der Waals surface area (Å²) < 4.78 is 10.9. The zero-order chi connectivity index (χ0) is 13.1. The summed E-state index contributed by atoms with van der Waals surface area (Å²) in [5.41, 5.74) is 0.228. The van der Waals surface area contributed by atoms with Crippen LogP contribution in [0.2, 0.25) is 0 Å². The molecule has 0 unspecified atom stereocenters. The highest BCUT2D eigenvalue weighted by atomic mass is 16.5. The molecule has 1 N–H and O–H groups in total. The van der Waals surface area contributed by atoms with Gasteiger partial charge in [-0.15, -0.1) is 0 Å². The van der Waals surface area contributed by atoms with Crippen LogP contribution in [-0.2, 0) is 9.47 Å². The van der Waals surface area contributed by atoms with Crippen molar-refractivity contribution in [2.75, 3.05) is 33.0 Å². The van der Waals surface area contributed by atoms with E-state index >= 15 is 0 Å². The number of hydrogen-bond donors (Lipinski definition) is 1. The van der Waals surface area contributed by atoms with Crippen molar-refractivity contribution in [1.29, 1.82) is 0 Å². The Morgan fingerprint density at radius 2 is 1.59 bits per heavy atom. The van der Waals surface area contributed by atoms with Crippen LogP contribution in [0.15, 0.2) is 0 Å². The first kappa shape index (κ1) is 16.9. The second-order valence-electron chi connectivity index (χ2n) is 5.97. The third-order valence-corrected chi connectivity index (χ3v) is 2.19. The molecule has 0 rings (SSSR count). The molecule has 0 aromatic carbocycles. The van der Waals surface area contributed by atoms with Gasteiger partial charge < -0.3 is 14.8 Å². The summed E-state index contributed by atoms with van der Waals surface area (Å²) in [6.45, 7) is 15.1. The molecule has 0 radical (unpaired) electrons. The zero-order valence-electron chi connectivity index (χ0n) is 12.3. The lowest BCUT2D eigenvalue weighted by Gasteiger charge is -2.20. The fourth-order valence-electron chi connectivity index (χ4n) is 1.33. The molecule has 0 aliphatic heterocycles. The number of nitrogens with one attached hydrogen (secondary N) is 1. The van der Waals surface area contributed by atoms with Crippen LogP contribution in [0.3, 0.4) is 0 Å². The SMILES string of the molecule is CC(C)COCCOCCCCNC(C)(C)C. The van der Waals surface area contributed by atoms with Crippen LogP contribution in [-0.4, -0.2) is 38.5 Å². The molecule has 0 saturated carbocycles. The fraction of sp³-hybridized carbons (Fsp3) is 1.00. The highest BCUT2D eigenvalue weighted by Gasteiger charge is 2.06.